The molecule has 7 heteroatoms. The van der Waals surface area contributed by atoms with Crippen LogP contribution in [-0.4, -0.2) is 32.5 Å². The van der Waals surface area contributed by atoms with E-state index >= 15 is 0 Å². The van der Waals surface area contributed by atoms with Gasteiger partial charge in [0.2, 0.25) is 0 Å². The van der Waals surface area contributed by atoms with Gasteiger partial charge in [-0.2, -0.15) is 5.10 Å². The standard InChI is InChI=1S/C17H27N5O2/c1-4-6-11-20-14-13(16(23)21(9-5-2)17(20)24)15-19(3)10-7-8-12-22(15)18-14/h4-12H2,1-3H3. The van der Waals surface area contributed by atoms with Crippen molar-refractivity contribution in [3.8, 4) is 0 Å². The lowest BCUT2D eigenvalue weighted by Gasteiger charge is -2.17. The Bertz CT molecular complexity index is 845. The molecule has 1 aliphatic rings. The average Bonchev–Trinajstić information content (AvgIpc) is 2.85. The van der Waals surface area contributed by atoms with E-state index in [2.05, 4.69) is 16.9 Å². The molecule has 0 N–H and O–H groups in total. The highest BCUT2D eigenvalue weighted by molar-refractivity contribution is 5.87. The van der Waals surface area contributed by atoms with Gasteiger partial charge in [0.05, 0.1) is 0 Å². The van der Waals surface area contributed by atoms with Crippen molar-refractivity contribution >= 4 is 16.9 Å². The lowest BCUT2D eigenvalue weighted by molar-refractivity contribution is 0.537. The molecule has 0 unspecified atom stereocenters. The minimum absolute atomic E-state index is 0.195. The molecule has 0 spiro atoms. The lowest BCUT2D eigenvalue weighted by atomic mass is 10.3. The maximum atomic E-state index is 13.0. The summed E-state index contributed by atoms with van der Waals surface area (Å²) in [7, 11) is 2.00. The summed E-state index contributed by atoms with van der Waals surface area (Å²) in [5.74, 6) is 0.864. The van der Waals surface area contributed by atoms with Crippen molar-refractivity contribution in [3.63, 3.8) is 0 Å². The molecule has 0 fully saturated rings. The van der Waals surface area contributed by atoms with Crippen molar-refractivity contribution in [2.24, 2.45) is 0 Å². The van der Waals surface area contributed by atoms with E-state index in [9.17, 15) is 9.59 Å². The Morgan fingerprint density at radius 2 is 1.75 bits per heavy atom. The van der Waals surface area contributed by atoms with E-state index in [1.54, 1.807) is 4.57 Å². The first-order valence-electron chi connectivity index (χ1n) is 9.05. The molecule has 0 radical (unpaired) electrons. The summed E-state index contributed by atoms with van der Waals surface area (Å²) in [6, 6.07) is 0. The SMILES string of the molecule is CCCCn1c(=O)n(CCC)c(=O)c2c3n(nc21)CCCCN3C. The Hall–Kier alpha value is -2.05. The summed E-state index contributed by atoms with van der Waals surface area (Å²) < 4.78 is 5.00. The minimum atomic E-state index is -0.223. The number of hydrogen-bond donors (Lipinski definition) is 0. The number of fused-ring (bicyclic) bond motifs is 3. The molecule has 3 rings (SSSR count). The van der Waals surface area contributed by atoms with Crippen LogP contribution in [0.1, 0.15) is 46.0 Å². The molecule has 2 aromatic heterocycles. The smallest absolute Gasteiger partial charge is 0.332 e. The van der Waals surface area contributed by atoms with E-state index in [1.165, 1.54) is 4.57 Å². The molecule has 0 amide bonds. The zero-order valence-electron chi connectivity index (χ0n) is 14.9. The van der Waals surface area contributed by atoms with E-state index in [4.69, 9.17) is 0 Å². The van der Waals surface area contributed by atoms with Crippen LogP contribution in [0, 0.1) is 0 Å². The van der Waals surface area contributed by atoms with Crippen LogP contribution in [0.4, 0.5) is 5.82 Å². The first kappa shape index (κ1) is 16.8. The van der Waals surface area contributed by atoms with Crippen LogP contribution in [0.5, 0.6) is 0 Å². The van der Waals surface area contributed by atoms with Crippen LogP contribution in [0.25, 0.3) is 11.0 Å². The van der Waals surface area contributed by atoms with Crippen molar-refractivity contribution in [2.75, 3.05) is 18.5 Å². The molecule has 7 nitrogen and oxygen atoms in total. The van der Waals surface area contributed by atoms with Gasteiger partial charge in [-0.25, -0.2) is 9.48 Å². The molecule has 1 aliphatic heterocycles. The molecular formula is C17H27N5O2. The van der Waals surface area contributed by atoms with Crippen LogP contribution < -0.4 is 16.1 Å². The molecule has 0 saturated carbocycles. The highest BCUT2D eigenvalue weighted by atomic mass is 16.2. The maximum Gasteiger partial charge on any atom is 0.332 e. The molecule has 0 bridgehead atoms. The number of unbranched alkanes of at least 4 members (excludes halogenated alkanes) is 1. The van der Waals surface area contributed by atoms with Gasteiger partial charge in [0.1, 0.15) is 11.2 Å². The van der Waals surface area contributed by atoms with Crippen LogP contribution in [0.15, 0.2) is 9.59 Å². The lowest BCUT2D eigenvalue weighted by Crippen LogP contribution is -2.40. The van der Waals surface area contributed by atoms with Gasteiger partial charge in [-0.15, -0.1) is 0 Å². The monoisotopic (exact) mass is 333 g/mol. The second kappa shape index (κ2) is 6.83. The maximum absolute atomic E-state index is 13.0. The summed E-state index contributed by atoms with van der Waals surface area (Å²) in [4.78, 5) is 28.0. The van der Waals surface area contributed by atoms with Gasteiger partial charge in [0.25, 0.3) is 5.56 Å². The van der Waals surface area contributed by atoms with Crippen molar-refractivity contribution < 1.29 is 0 Å². The van der Waals surface area contributed by atoms with Gasteiger partial charge in [-0.05, 0) is 25.7 Å². The zero-order valence-corrected chi connectivity index (χ0v) is 14.9. The van der Waals surface area contributed by atoms with Gasteiger partial charge >= 0.3 is 5.69 Å². The number of aromatic nitrogens is 4. The normalized spacial score (nSPS) is 14.9. The van der Waals surface area contributed by atoms with Gasteiger partial charge in [-0.1, -0.05) is 20.3 Å². The van der Waals surface area contributed by atoms with Crippen molar-refractivity contribution in [2.45, 2.75) is 65.6 Å². The summed E-state index contributed by atoms with van der Waals surface area (Å²) in [5.41, 5.74) is 0.132. The van der Waals surface area contributed by atoms with E-state index in [0.717, 1.165) is 51.0 Å². The Morgan fingerprint density at radius 3 is 2.46 bits per heavy atom. The van der Waals surface area contributed by atoms with Gasteiger partial charge in [-0.3, -0.25) is 13.9 Å². The fourth-order valence-corrected chi connectivity index (χ4v) is 3.48. The highest BCUT2D eigenvalue weighted by Gasteiger charge is 2.25. The number of rotatable bonds is 5. The quantitative estimate of drug-likeness (QED) is 0.837. The number of nitrogens with zero attached hydrogens (tertiary/aromatic N) is 5. The predicted octanol–water partition coefficient (Wildman–Crippen LogP) is 1.80. The Balaban J connectivity index is 2.35. The van der Waals surface area contributed by atoms with E-state index < -0.39 is 0 Å². The van der Waals surface area contributed by atoms with Crippen molar-refractivity contribution in [1.29, 1.82) is 0 Å². The fourth-order valence-electron chi connectivity index (χ4n) is 3.48. The topological polar surface area (TPSA) is 65.1 Å². The molecule has 0 aromatic carbocycles. The molecule has 0 saturated heterocycles. The Morgan fingerprint density at radius 1 is 1.00 bits per heavy atom. The van der Waals surface area contributed by atoms with Crippen LogP contribution in [-0.2, 0) is 19.6 Å². The molecule has 132 valence electrons. The van der Waals surface area contributed by atoms with E-state index in [0.29, 0.717) is 24.1 Å². The molecule has 2 aromatic rings. The second-order valence-electron chi connectivity index (χ2n) is 6.62. The van der Waals surface area contributed by atoms with Gasteiger partial charge in [0, 0.05) is 33.2 Å². The summed E-state index contributed by atoms with van der Waals surface area (Å²) in [6.45, 7) is 6.84. The molecule has 24 heavy (non-hydrogen) atoms. The first-order chi connectivity index (χ1) is 11.6. The third kappa shape index (κ3) is 2.65. The molecular weight excluding hydrogens is 306 g/mol. The first-order valence-corrected chi connectivity index (χ1v) is 9.05. The van der Waals surface area contributed by atoms with Gasteiger partial charge in [0.15, 0.2) is 5.65 Å². The highest BCUT2D eigenvalue weighted by Crippen LogP contribution is 2.26. The zero-order chi connectivity index (χ0) is 17.3. The fraction of sp³-hybridized carbons (Fsp3) is 0.706. The molecule has 3 heterocycles. The third-order valence-electron chi connectivity index (χ3n) is 4.74. The Labute approximate surface area is 141 Å². The number of hydrogen-bond acceptors (Lipinski definition) is 4. The molecule has 0 atom stereocenters. The van der Waals surface area contributed by atoms with Crippen LogP contribution in [0.2, 0.25) is 0 Å². The van der Waals surface area contributed by atoms with E-state index in [1.807, 2.05) is 18.7 Å². The van der Waals surface area contributed by atoms with Crippen LogP contribution >= 0.6 is 0 Å². The average molecular weight is 333 g/mol. The predicted molar refractivity (Wildman–Crippen MR) is 96.0 cm³/mol. The third-order valence-corrected chi connectivity index (χ3v) is 4.74. The molecule has 0 aliphatic carbocycles. The second-order valence-corrected chi connectivity index (χ2v) is 6.62. The van der Waals surface area contributed by atoms with Crippen LogP contribution in [0.3, 0.4) is 0 Å². The number of aryl methyl sites for hydroxylation is 2. The largest absolute Gasteiger partial charge is 0.359 e. The Kier molecular flexibility index (Phi) is 4.78. The van der Waals surface area contributed by atoms with Crippen molar-refractivity contribution in [1.82, 2.24) is 18.9 Å². The summed E-state index contributed by atoms with van der Waals surface area (Å²) in [6.07, 6.45) is 4.77. The van der Waals surface area contributed by atoms with Gasteiger partial charge < -0.3 is 4.90 Å². The number of anilines is 1. The van der Waals surface area contributed by atoms with E-state index in [-0.39, 0.29) is 11.2 Å². The van der Waals surface area contributed by atoms with Crippen molar-refractivity contribution in [3.05, 3.63) is 20.8 Å². The summed E-state index contributed by atoms with van der Waals surface area (Å²) in [5, 5.41) is 5.26. The minimum Gasteiger partial charge on any atom is -0.359 e. The summed E-state index contributed by atoms with van der Waals surface area (Å²) >= 11 is 0.